The van der Waals surface area contributed by atoms with Gasteiger partial charge in [-0.05, 0) is 37.3 Å². The van der Waals surface area contributed by atoms with Crippen LogP contribution < -0.4 is 21.8 Å². The second-order valence-corrected chi connectivity index (χ2v) is 7.34. The first kappa shape index (κ1) is 21.1. The van der Waals surface area contributed by atoms with Crippen molar-refractivity contribution in [3.05, 3.63) is 85.6 Å². The summed E-state index contributed by atoms with van der Waals surface area (Å²) in [5.74, 6) is -1.05. The van der Waals surface area contributed by atoms with E-state index in [1.807, 2.05) is 0 Å². The van der Waals surface area contributed by atoms with Crippen LogP contribution in [0.1, 0.15) is 16.1 Å². The van der Waals surface area contributed by atoms with Crippen LogP contribution in [-0.2, 0) is 4.79 Å². The van der Waals surface area contributed by atoms with Crippen LogP contribution in [0, 0.1) is 6.92 Å². The van der Waals surface area contributed by atoms with Gasteiger partial charge in [0.2, 0.25) is 5.91 Å². The van der Waals surface area contributed by atoms with Crippen LogP contribution in [-0.4, -0.2) is 38.3 Å². The molecule has 0 bridgehead atoms. The van der Waals surface area contributed by atoms with Gasteiger partial charge in [-0.3, -0.25) is 29.4 Å². The molecule has 0 aliphatic carbocycles. The molecule has 32 heavy (non-hydrogen) atoms. The van der Waals surface area contributed by atoms with E-state index < -0.39 is 22.9 Å². The van der Waals surface area contributed by atoms with Crippen molar-refractivity contribution in [2.45, 2.75) is 6.92 Å². The second kappa shape index (κ2) is 8.52. The molecule has 2 aromatic carbocycles. The quantitative estimate of drug-likeness (QED) is 0.365. The zero-order chi connectivity index (χ0) is 22.8. The number of nitrogens with one attached hydrogen (secondary N) is 4. The van der Waals surface area contributed by atoms with Crippen molar-refractivity contribution in [3.63, 3.8) is 0 Å². The summed E-state index contributed by atoms with van der Waals surface area (Å²) in [5.41, 5.74) is 0.692. The van der Waals surface area contributed by atoms with Crippen molar-refractivity contribution in [1.29, 1.82) is 0 Å². The number of aromatic amines is 2. The van der Waals surface area contributed by atoms with Gasteiger partial charge in [-0.1, -0.05) is 23.7 Å². The van der Waals surface area contributed by atoms with E-state index >= 15 is 0 Å². The zero-order valence-electron chi connectivity index (χ0n) is 16.7. The molecule has 2 heterocycles. The van der Waals surface area contributed by atoms with Crippen molar-refractivity contribution >= 4 is 39.9 Å². The molecule has 4 N–H and O–H groups in total. The van der Waals surface area contributed by atoms with E-state index in [2.05, 4.69) is 25.9 Å². The molecular weight excluding hydrogens is 436 g/mol. The number of carbonyl (C=O) groups excluding carboxylic acids is 2. The normalized spacial score (nSPS) is 10.8. The highest BCUT2D eigenvalue weighted by Crippen LogP contribution is 2.18. The Hall–Kier alpha value is -4.18. The lowest BCUT2D eigenvalue weighted by Crippen LogP contribution is -2.33. The van der Waals surface area contributed by atoms with E-state index in [1.165, 1.54) is 18.3 Å². The Morgan fingerprint density at radius 2 is 1.84 bits per heavy atom. The highest BCUT2D eigenvalue weighted by Gasteiger charge is 2.17. The standard InChI is InChI=1S/C21H17ClN6O4/c1-11-15(9-24-28(11)13-5-2-4-12(22)8-13)19(30)23-10-17(29)25-16-7-3-6-14-18(16)21(32)27-26-20(14)31/h2-9H,10H2,1H3,(H,23,30)(H,25,29)(H,26,31)(H,27,32). The number of benzene rings is 2. The predicted octanol–water partition coefficient (Wildman–Crippen LogP) is 1.73. The van der Waals surface area contributed by atoms with E-state index in [4.69, 9.17) is 11.6 Å². The van der Waals surface area contributed by atoms with Gasteiger partial charge in [-0.25, -0.2) is 4.68 Å². The minimum absolute atomic E-state index is 0.0505. The molecule has 0 fully saturated rings. The Morgan fingerprint density at radius 1 is 1.09 bits per heavy atom. The molecule has 0 aliphatic rings. The summed E-state index contributed by atoms with van der Waals surface area (Å²) >= 11 is 6.02. The average molecular weight is 453 g/mol. The smallest absolute Gasteiger partial charge is 0.272 e. The SMILES string of the molecule is Cc1c(C(=O)NCC(=O)Nc2cccc3c(=O)[nH][nH]c(=O)c23)cnn1-c1cccc(Cl)c1. The number of fused-ring (bicyclic) bond motifs is 1. The summed E-state index contributed by atoms with van der Waals surface area (Å²) in [5, 5.41) is 14.5. The highest BCUT2D eigenvalue weighted by atomic mass is 35.5. The van der Waals surface area contributed by atoms with Crippen LogP contribution in [0.4, 0.5) is 5.69 Å². The molecule has 162 valence electrons. The first-order chi connectivity index (χ1) is 15.3. The fourth-order valence-corrected chi connectivity index (χ4v) is 3.47. The number of hydrogen-bond acceptors (Lipinski definition) is 5. The number of anilines is 1. The summed E-state index contributed by atoms with van der Waals surface area (Å²) in [6.07, 6.45) is 1.40. The molecule has 2 amide bonds. The monoisotopic (exact) mass is 452 g/mol. The molecule has 4 aromatic rings. The molecule has 0 saturated carbocycles. The Balaban J connectivity index is 1.47. The maximum absolute atomic E-state index is 12.6. The molecule has 0 unspecified atom stereocenters. The maximum Gasteiger partial charge on any atom is 0.272 e. The topological polar surface area (TPSA) is 142 Å². The third-order valence-corrected chi connectivity index (χ3v) is 5.05. The van der Waals surface area contributed by atoms with Crippen LogP contribution in [0.5, 0.6) is 0 Å². The maximum atomic E-state index is 12.6. The van der Waals surface area contributed by atoms with E-state index in [1.54, 1.807) is 41.9 Å². The summed E-state index contributed by atoms with van der Waals surface area (Å²) in [7, 11) is 0. The van der Waals surface area contributed by atoms with E-state index in [0.29, 0.717) is 22.0 Å². The lowest BCUT2D eigenvalue weighted by molar-refractivity contribution is -0.115. The zero-order valence-corrected chi connectivity index (χ0v) is 17.5. The molecule has 10 nitrogen and oxygen atoms in total. The van der Waals surface area contributed by atoms with Crippen molar-refractivity contribution in [2.24, 2.45) is 0 Å². The summed E-state index contributed by atoms with van der Waals surface area (Å²) in [4.78, 5) is 48.9. The Labute approximate surface area is 185 Å². The van der Waals surface area contributed by atoms with Gasteiger partial charge in [0.05, 0.1) is 46.1 Å². The molecule has 0 aliphatic heterocycles. The van der Waals surface area contributed by atoms with Gasteiger partial charge < -0.3 is 10.6 Å². The van der Waals surface area contributed by atoms with Gasteiger partial charge >= 0.3 is 0 Å². The number of rotatable bonds is 5. The largest absolute Gasteiger partial charge is 0.343 e. The number of halogens is 1. The van der Waals surface area contributed by atoms with E-state index in [-0.39, 0.29) is 23.0 Å². The van der Waals surface area contributed by atoms with Crippen LogP contribution in [0.15, 0.2) is 58.3 Å². The van der Waals surface area contributed by atoms with Gasteiger partial charge in [0.1, 0.15) is 0 Å². The lowest BCUT2D eigenvalue weighted by Gasteiger charge is -2.09. The van der Waals surface area contributed by atoms with Gasteiger partial charge in [0.25, 0.3) is 17.0 Å². The van der Waals surface area contributed by atoms with Gasteiger partial charge in [-0.15, -0.1) is 0 Å². The molecule has 0 saturated heterocycles. The summed E-state index contributed by atoms with van der Waals surface area (Å²) < 4.78 is 1.57. The van der Waals surface area contributed by atoms with Crippen LogP contribution in [0.2, 0.25) is 5.02 Å². The van der Waals surface area contributed by atoms with Crippen molar-refractivity contribution in [2.75, 3.05) is 11.9 Å². The molecule has 4 rings (SSSR count). The summed E-state index contributed by atoms with van der Waals surface area (Å²) in [6.45, 7) is 1.38. The third kappa shape index (κ3) is 4.03. The summed E-state index contributed by atoms with van der Waals surface area (Å²) in [6, 6.07) is 11.5. The molecule has 0 atom stereocenters. The number of H-pyrrole nitrogens is 2. The lowest BCUT2D eigenvalue weighted by atomic mass is 10.1. The number of carbonyl (C=O) groups is 2. The minimum atomic E-state index is -0.564. The van der Waals surface area contributed by atoms with Gasteiger partial charge in [-0.2, -0.15) is 5.10 Å². The molecule has 11 heteroatoms. The van der Waals surface area contributed by atoms with Crippen LogP contribution in [0.3, 0.4) is 0 Å². The Morgan fingerprint density at radius 3 is 2.62 bits per heavy atom. The first-order valence-electron chi connectivity index (χ1n) is 9.47. The van der Waals surface area contributed by atoms with E-state index in [9.17, 15) is 19.2 Å². The Kier molecular flexibility index (Phi) is 5.61. The van der Waals surface area contributed by atoms with E-state index in [0.717, 1.165) is 0 Å². The average Bonchev–Trinajstić information content (AvgIpc) is 3.16. The van der Waals surface area contributed by atoms with Crippen molar-refractivity contribution < 1.29 is 9.59 Å². The minimum Gasteiger partial charge on any atom is -0.343 e. The Bertz CT molecular complexity index is 1470. The van der Waals surface area contributed by atoms with Gasteiger partial charge in [0.15, 0.2) is 0 Å². The van der Waals surface area contributed by atoms with Crippen LogP contribution >= 0.6 is 11.6 Å². The van der Waals surface area contributed by atoms with Crippen molar-refractivity contribution in [3.8, 4) is 5.69 Å². The highest BCUT2D eigenvalue weighted by molar-refractivity contribution is 6.30. The molecule has 2 aromatic heterocycles. The number of hydrogen-bond donors (Lipinski definition) is 4. The third-order valence-electron chi connectivity index (χ3n) is 4.82. The molecule has 0 spiro atoms. The number of aromatic nitrogens is 4. The fraction of sp³-hybridized carbons (Fsp3) is 0.0952. The van der Waals surface area contributed by atoms with Gasteiger partial charge in [0, 0.05) is 5.02 Å². The molecule has 0 radical (unpaired) electrons. The number of amides is 2. The predicted molar refractivity (Wildman–Crippen MR) is 119 cm³/mol. The van der Waals surface area contributed by atoms with Crippen molar-refractivity contribution in [1.82, 2.24) is 25.3 Å². The first-order valence-corrected chi connectivity index (χ1v) is 9.85. The molecular formula is C21H17ClN6O4. The van der Waals surface area contributed by atoms with Crippen LogP contribution in [0.25, 0.3) is 16.5 Å². The fourth-order valence-electron chi connectivity index (χ4n) is 3.28. The second-order valence-electron chi connectivity index (χ2n) is 6.90. The number of nitrogens with zero attached hydrogens (tertiary/aromatic N) is 2.